The van der Waals surface area contributed by atoms with Crippen LogP contribution in [-0.2, 0) is 6.18 Å². The Labute approximate surface area is 83.4 Å². The number of halogens is 3. The van der Waals surface area contributed by atoms with Crippen molar-refractivity contribution in [3.05, 3.63) is 11.6 Å². The van der Waals surface area contributed by atoms with Crippen LogP contribution in [0.4, 0.5) is 19.1 Å². The van der Waals surface area contributed by atoms with Crippen molar-refractivity contribution in [2.24, 2.45) is 0 Å². The van der Waals surface area contributed by atoms with E-state index < -0.39 is 12.0 Å². The van der Waals surface area contributed by atoms with Gasteiger partial charge in [0.05, 0.1) is 6.61 Å². The molecule has 8 heteroatoms. The molecule has 1 aromatic rings. The SMILES string of the molecule is Cc1nc(NCCO)nc(C(F)(F)F)n1. The first kappa shape index (κ1) is 11.6. The summed E-state index contributed by atoms with van der Waals surface area (Å²) in [7, 11) is 0. The molecule has 15 heavy (non-hydrogen) atoms. The maximum atomic E-state index is 12.2. The summed E-state index contributed by atoms with van der Waals surface area (Å²) >= 11 is 0. The Morgan fingerprint density at radius 2 is 1.93 bits per heavy atom. The summed E-state index contributed by atoms with van der Waals surface area (Å²) in [5, 5.41) is 10.9. The summed E-state index contributed by atoms with van der Waals surface area (Å²) in [4.78, 5) is 9.98. The van der Waals surface area contributed by atoms with Crippen LogP contribution in [0.1, 0.15) is 11.6 Å². The van der Waals surface area contributed by atoms with Gasteiger partial charge in [0.25, 0.3) is 0 Å². The van der Waals surface area contributed by atoms with Gasteiger partial charge in [-0.2, -0.15) is 23.1 Å². The molecule has 0 fully saturated rings. The maximum absolute atomic E-state index is 12.2. The minimum Gasteiger partial charge on any atom is -0.395 e. The molecule has 0 saturated heterocycles. The van der Waals surface area contributed by atoms with Crippen molar-refractivity contribution in [1.82, 2.24) is 15.0 Å². The molecule has 5 nitrogen and oxygen atoms in total. The Kier molecular flexibility index (Phi) is 3.40. The molecule has 0 spiro atoms. The number of hydrogen-bond acceptors (Lipinski definition) is 5. The minimum atomic E-state index is -4.59. The van der Waals surface area contributed by atoms with Gasteiger partial charge in [-0.1, -0.05) is 0 Å². The van der Waals surface area contributed by atoms with Gasteiger partial charge in [0.2, 0.25) is 11.8 Å². The van der Waals surface area contributed by atoms with Crippen molar-refractivity contribution < 1.29 is 18.3 Å². The Bertz CT molecular complexity index is 341. The van der Waals surface area contributed by atoms with Crippen LogP contribution in [0.25, 0.3) is 0 Å². The molecule has 1 heterocycles. The van der Waals surface area contributed by atoms with Gasteiger partial charge >= 0.3 is 6.18 Å². The monoisotopic (exact) mass is 222 g/mol. The molecule has 0 amide bonds. The van der Waals surface area contributed by atoms with Crippen molar-refractivity contribution in [3.63, 3.8) is 0 Å². The Hall–Kier alpha value is -1.44. The number of nitrogens with one attached hydrogen (secondary N) is 1. The molecule has 0 aliphatic carbocycles. The van der Waals surface area contributed by atoms with E-state index in [1.54, 1.807) is 0 Å². The molecular formula is C7H9F3N4O. The van der Waals surface area contributed by atoms with Crippen molar-refractivity contribution in [3.8, 4) is 0 Å². The van der Waals surface area contributed by atoms with E-state index in [1.165, 1.54) is 6.92 Å². The first-order chi connectivity index (χ1) is 6.93. The normalized spacial score (nSPS) is 11.5. The number of aromatic nitrogens is 3. The average molecular weight is 222 g/mol. The van der Waals surface area contributed by atoms with Crippen molar-refractivity contribution >= 4 is 5.95 Å². The highest BCUT2D eigenvalue weighted by atomic mass is 19.4. The number of nitrogens with zero attached hydrogens (tertiary/aromatic N) is 3. The first-order valence-corrected chi connectivity index (χ1v) is 4.08. The molecule has 84 valence electrons. The van der Waals surface area contributed by atoms with Gasteiger partial charge in [-0.25, -0.2) is 4.98 Å². The molecule has 0 saturated carbocycles. The van der Waals surface area contributed by atoms with Gasteiger partial charge in [0.15, 0.2) is 0 Å². The number of aliphatic hydroxyl groups excluding tert-OH is 1. The molecule has 0 unspecified atom stereocenters. The predicted octanol–water partition coefficient (Wildman–Crippen LogP) is 0.603. The lowest BCUT2D eigenvalue weighted by molar-refractivity contribution is -0.145. The molecule has 1 aromatic heterocycles. The number of alkyl halides is 3. The van der Waals surface area contributed by atoms with Gasteiger partial charge in [-0.15, -0.1) is 0 Å². The summed E-state index contributed by atoms with van der Waals surface area (Å²) in [6, 6.07) is 0. The zero-order chi connectivity index (χ0) is 11.5. The van der Waals surface area contributed by atoms with Crippen LogP contribution in [0.5, 0.6) is 0 Å². The van der Waals surface area contributed by atoms with Gasteiger partial charge < -0.3 is 10.4 Å². The summed E-state index contributed by atoms with van der Waals surface area (Å²) in [5.41, 5.74) is 0. The van der Waals surface area contributed by atoms with Crippen molar-refractivity contribution in [2.75, 3.05) is 18.5 Å². The van der Waals surface area contributed by atoms with Crippen LogP contribution in [0.3, 0.4) is 0 Å². The first-order valence-electron chi connectivity index (χ1n) is 4.08. The second kappa shape index (κ2) is 4.39. The molecule has 0 bridgehead atoms. The van der Waals surface area contributed by atoms with E-state index in [9.17, 15) is 13.2 Å². The van der Waals surface area contributed by atoms with Crippen LogP contribution in [0, 0.1) is 6.92 Å². The summed E-state index contributed by atoms with van der Waals surface area (Å²) in [6.45, 7) is 1.20. The Morgan fingerprint density at radius 3 is 2.47 bits per heavy atom. The molecule has 0 aromatic carbocycles. The fraction of sp³-hybridized carbons (Fsp3) is 0.571. The third kappa shape index (κ3) is 3.31. The standard InChI is InChI=1S/C7H9F3N4O/c1-4-12-5(7(8,9)10)14-6(13-4)11-2-3-15/h15H,2-3H2,1H3,(H,11,12,13,14). The smallest absolute Gasteiger partial charge is 0.395 e. The Balaban J connectivity index is 2.95. The summed E-state index contributed by atoms with van der Waals surface area (Å²) < 4.78 is 36.7. The number of aryl methyl sites for hydroxylation is 1. The summed E-state index contributed by atoms with van der Waals surface area (Å²) in [6.07, 6.45) is -4.59. The van der Waals surface area contributed by atoms with E-state index in [4.69, 9.17) is 5.11 Å². The Morgan fingerprint density at radius 1 is 1.27 bits per heavy atom. The number of aliphatic hydroxyl groups is 1. The van der Waals surface area contributed by atoms with E-state index in [0.717, 1.165) is 0 Å². The maximum Gasteiger partial charge on any atom is 0.451 e. The van der Waals surface area contributed by atoms with Gasteiger partial charge in [0.1, 0.15) is 5.82 Å². The largest absolute Gasteiger partial charge is 0.451 e. The number of anilines is 1. The van der Waals surface area contributed by atoms with E-state index in [2.05, 4.69) is 20.3 Å². The fourth-order valence-corrected chi connectivity index (χ4v) is 0.855. The van der Waals surface area contributed by atoms with Crippen LogP contribution >= 0.6 is 0 Å². The molecule has 0 atom stereocenters. The lowest BCUT2D eigenvalue weighted by Crippen LogP contribution is -2.17. The molecule has 2 N–H and O–H groups in total. The number of hydrogen-bond donors (Lipinski definition) is 2. The zero-order valence-electron chi connectivity index (χ0n) is 7.84. The van der Waals surface area contributed by atoms with Gasteiger partial charge in [-0.3, -0.25) is 0 Å². The summed E-state index contributed by atoms with van der Waals surface area (Å²) in [5.74, 6) is -1.46. The molecular weight excluding hydrogens is 213 g/mol. The van der Waals surface area contributed by atoms with E-state index in [-0.39, 0.29) is 24.9 Å². The molecule has 1 rings (SSSR count). The predicted molar refractivity (Wildman–Crippen MR) is 45.1 cm³/mol. The molecule has 0 aliphatic rings. The van der Waals surface area contributed by atoms with Crippen LogP contribution < -0.4 is 5.32 Å². The van der Waals surface area contributed by atoms with E-state index in [1.807, 2.05) is 0 Å². The highest BCUT2D eigenvalue weighted by molar-refractivity contribution is 5.24. The van der Waals surface area contributed by atoms with E-state index >= 15 is 0 Å². The molecule has 0 radical (unpaired) electrons. The minimum absolute atomic E-state index is 0.0298. The van der Waals surface area contributed by atoms with Gasteiger partial charge in [-0.05, 0) is 6.92 Å². The number of rotatable bonds is 3. The third-order valence-electron chi connectivity index (χ3n) is 1.40. The van der Waals surface area contributed by atoms with Crippen LogP contribution in [-0.4, -0.2) is 33.2 Å². The average Bonchev–Trinajstić information content (AvgIpc) is 2.12. The van der Waals surface area contributed by atoms with Crippen LogP contribution in [0.2, 0.25) is 0 Å². The molecule has 0 aliphatic heterocycles. The lowest BCUT2D eigenvalue weighted by atomic mass is 10.5. The quantitative estimate of drug-likeness (QED) is 0.783. The lowest BCUT2D eigenvalue weighted by Gasteiger charge is -2.08. The fourth-order valence-electron chi connectivity index (χ4n) is 0.855. The second-order valence-corrected chi connectivity index (χ2v) is 2.68. The third-order valence-corrected chi connectivity index (χ3v) is 1.40. The van der Waals surface area contributed by atoms with Crippen LogP contribution in [0.15, 0.2) is 0 Å². The topological polar surface area (TPSA) is 70.9 Å². The highest BCUT2D eigenvalue weighted by Gasteiger charge is 2.35. The van der Waals surface area contributed by atoms with Crippen molar-refractivity contribution in [2.45, 2.75) is 13.1 Å². The van der Waals surface area contributed by atoms with E-state index in [0.29, 0.717) is 0 Å². The van der Waals surface area contributed by atoms with Gasteiger partial charge in [0, 0.05) is 6.54 Å². The zero-order valence-corrected chi connectivity index (χ0v) is 7.84. The highest BCUT2D eigenvalue weighted by Crippen LogP contribution is 2.26. The van der Waals surface area contributed by atoms with Crippen molar-refractivity contribution in [1.29, 1.82) is 0 Å². The second-order valence-electron chi connectivity index (χ2n) is 2.68.